The zero-order valence-electron chi connectivity index (χ0n) is 16.7. The van der Waals surface area contributed by atoms with Gasteiger partial charge in [0.25, 0.3) is 5.91 Å². The van der Waals surface area contributed by atoms with Gasteiger partial charge >= 0.3 is 6.03 Å². The summed E-state index contributed by atoms with van der Waals surface area (Å²) < 4.78 is 0. The lowest BCUT2D eigenvalue weighted by Gasteiger charge is -2.27. The second kappa shape index (κ2) is 8.41. The molecule has 2 heterocycles. The van der Waals surface area contributed by atoms with Crippen molar-refractivity contribution in [1.82, 2.24) is 15.6 Å². The summed E-state index contributed by atoms with van der Waals surface area (Å²) in [5.41, 5.74) is 9.92. The van der Waals surface area contributed by atoms with Gasteiger partial charge in [0.15, 0.2) is 6.21 Å². The second-order valence-corrected chi connectivity index (χ2v) is 7.84. The van der Waals surface area contributed by atoms with E-state index in [1.165, 1.54) is 17.6 Å². The highest BCUT2D eigenvalue weighted by Crippen LogP contribution is 2.32. The Bertz CT molecular complexity index is 1200. The molecule has 1 aromatic heterocycles. The Labute approximate surface area is 182 Å². The Morgan fingerprint density at radius 3 is 2.77 bits per heavy atom. The summed E-state index contributed by atoms with van der Waals surface area (Å²) in [6.07, 6.45) is 1.38. The molecule has 1 aliphatic heterocycles. The number of thiazole rings is 1. The van der Waals surface area contributed by atoms with Crippen LogP contribution >= 0.6 is 11.3 Å². The summed E-state index contributed by atoms with van der Waals surface area (Å²) in [5, 5.41) is 16.6. The number of carbonyl (C=O) groups is 2. The summed E-state index contributed by atoms with van der Waals surface area (Å²) in [4.78, 5) is 30.0. The highest BCUT2D eigenvalue weighted by Gasteiger charge is 2.33. The molecule has 8 nitrogen and oxygen atoms in total. The van der Waals surface area contributed by atoms with Crippen LogP contribution in [-0.2, 0) is 4.79 Å². The molecule has 156 valence electrons. The Morgan fingerprint density at radius 2 is 2.03 bits per heavy atom. The normalized spacial score (nSPS) is 15.8. The zero-order valence-corrected chi connectivity index (χ0v) is 17.5. The lowest BCUT2D eigenvalue weighted by molar-refractivity contribution is -0.113. The van der Waals surface area contributed by atoms with Crippen LogP contribution in [0.25, 0.3) is 10.6 Å². The Kier molecular flexibility index (Phi) is 5.50. The molecule has 3 aromatic rings. The molecule has 0 radical (unpaired) electrons. The molecule has 1 atom stereocenters. The molecule has 0 saturated heterocycles. The van der Waals surface area contributed by atoms with Gasteiger partial charge in [0.1, 0.15) is 11.0 Å². The number of anilines is 2. The number of hydrogen-bond acceptors (Lipinski definition) is 5. The van der Waals surface area contributed by atoms with Gasteiger partial charge in [0.05, 0.1) is 16.8 Å². The minimum Gasteiger partial charge on any atom is -0.398 e. The van der Waals surface area contributed by atoms with Crippen LogP contribution < -0.4 is 27.1 Å². The molecule has 31 heavy (non-hydrogen) atoms. The van der Waals surface area contributed by atoms with Crippen molar-refractivity contribution < 1.29 is 15.0 Å². The van der Waals surface area contributed by atoms with E-state index in [9.17, 15) is 9.59 Å². The molecule has 7 N–H and O–H groups in total. The molecule has 0 fully saturated rings. The first-order valence-electron chi connectivity index (χ1n) is 9.51. The average Bonchev–Trinajstić information content (AvgIpc) is 3.25. The number of nitrogen functional groups attached to an aromatic ring is 1. The van der Waals surface area contributed by atoms with Gasteiger partial charge in [-0.2, -0.15) is 0 Å². The fourth-order valence-corrected chi connectivity index (χ4v) is 4.20. The maximum atomic E-state index is 13.2. The van der Waals surface area contributed by atoms with Crippen molar-refractivity contribution >= 4 is 40.9 Å². The minimum absolute atomic E-state index is 0.364. The largest absolute Gasteiger partial charge is 0.398 e. The van der Waals surface area contributed by atoms with Crippen LogP contribution in [0.2, 0.25) is 0 Å². The van der Waals surface area contributed by atoms with Gasteiger partial charge in [0, 0.05) is 28.0 Å². The fourth-order valence-electron chi connectivity index (χ4n) is 3.34. The highest BCUT2D eigenvalue weighted by atomic mass is 32.1. The maximum absolute atomic E-state index is 13.2. The predicted molar refractivity (Wildman–Crippen MR) is 121 cm³/mol. The summed E-state index contributed by atoms with van der Waals surface area (Å²) in [5.74, 6) is -0.364. The predicted octanol–water partition coefficient (Wildman–Crippen LogP) is 1.84. The number of aromatic nitrogens is 1. The first-order valence-corrected chi connectivity index (χ1v) is 10.4. The molecule has 1 aliphatic rings. The molecule has 3 amide bonds. The number of carbonyl (C=O) groups excluding carboxylic acids is 2. The molecule has 0 bridgehead atoms. The molecule has 0 saturated carbocycles. The third-order valence-electron chi connectivity index (χ3n) is 4.88. The number of allylic oxidation sites excluding steroid dienone is 1. The van der Waals surface area contributed by atoms with E-state index < -0.39 is 6.04 Å². The molecule has 1 unspecified atom stereocenters. The number of nitrogens with one attached hydrogen (secondary N) is 3. The molecule has 9 heteroatoms. The SMILES string of the molecule is CC1=C(C(=O)Nc2ccc(N)c(C=[NH2+])c2)C(c2csc(-c3ccccc3)n2)NC(=O)N1. The van der Waals surface area contributed by atoms with Crippen LogP contribution in [0, 0.1) is 0 Å². The highest BCUT2D eigenvalue weighted by molar-refractivity contribution is 7.13. The van der Waals surface area contributed by atoms with E-state index in [1.54, 1.807) is 25.1 Å². The van der Waals surface area contributed by atoms with Gasteiger partial charge in [-0.1, -0.05) is 30.3 Å². The van der Waals surface area contributed by atoms with E-state index in [-0.39, 0.29) is 11.9 Å². The first-order chi connectivity index (χ1) is 15.0. The van der Waals surface area contributed by atoms with Crippen molar-refractivity contribution in [3.05, 3.63) is 76.4 Å². The van der Waals surface area contributed by atoms with Crippen molar-refractivity contribution in [3.63, 3.8) is 0 Å². The third-order valence-corrected chi connectivity index (χ3v) is 5.79. The number of hydrogen-bond donors (Lipinski definition) is 5. The fraction of sp³-hybridized carbons (Fsp3) is 0.0909. The minimum atomic E-state index is -0.684. The van der Waals surface area contributed by atoms with E-state index >= 15 is 0 Å². The van der Waals surface area contributed by atoms with Crippen LogP contribution in [0.3, 0.4) is 0 Å². The summed E-state index contributed by atoms with van der Waals surface area (Å²) in [7, 11) is 0. The Morgan fingerprint density at radius 1 is 1.26 bits per heavy atom. The lowest BCUT2D eigenvalue weighted by Crippen LogP contribution is -2.46. The number of rotatable bonds is 5. The van der Waals surface area contributed by atoms with E-state index in [2.05, 4.69) is 20.9 Å². The van der Waals surface area contributed by atoms with Crippen LogP contribution in [0.1, 0.15) is 24.2 Å². The molecular formula is C22H21N6O2S+. The molecule has 0 aliphatic carbocycles. The molecule has 4 rings (SSSR count). The van der Waals surface area contributed by atoms with Crippen molar-refractivity contribution in [3.8, 4) is 10.6 Å². The van der Waals surface area contributed by atoms with E-state index in [0.29, 0.717) is 33.9 Å². The standard InChI is InChI=1S/C22H20N6O2S/c1-12-18(20(29)26-15-7-8-16(24)14(9-15)10-23)19(28-22(30)25-12)17-11-31-21(27-17)13-5-3-2-4-6-13/h2-11,19,23H,24H2,1H3,(H,26,29)(H2,25,28,30)/p+1. The van der Waals surface area contributed by atoms with Gasteiger partial charge in [0.2, 0.25) is 0 Å². The Hall–Kier alpha value is -3.98. The third kappa shape index (κ3) is 4.17. The molecule has 0 spiro atoms. The van der Waals surface area contributed by atoms with E-state index in [4.69, 9.17) is 11.1 Å². The van der Waals surface area contributed by atoms with Gasteiger partial charge in [-0.15, -0.1) is 11.3 Å². The number of nitrogens with two attached hydrogens (primary N) is 2. The van der Waals surface area contributed by atoms with Crippen LogP contribution in [0.5, 0.6) is 0 Å². The van der Waals surface area contributed by atoms with E-state index in [0.717, 1.165) is 10.6 Å². The van der Waals surface area contributed by atoms with Crippen molar-refractivity contribution in [1.29, 1.82) is 0 Å². The molecular weight excluding hydrogens is 412 g/mol. The van der Waals surface area contributed by atoms with Gasteiger partial charge < -0.3 is 21.7 Å². The summed E-state index contributed by atoms with van der Waals surface area (Å²) in [6, 6.07) is 13.7. The summed E-state index contributed by atoms with van der Waals surface area (Å²) >= 11 is 1.45. The molecule has 2 aromatic carbocycles. The maximum Gasteiger partial charge on any atom is 0.319 e. The number of amides is 3. The van der Waals surface area contributed by atoms with Crippen molar-refractivity contribution in [2.75, 3.05) is 11.1 Å². The van der Waals surface area contributed by atoms with Gasteiger partial charge in [-0.05, 0) is 25.1 Å². The van der Waals surface area contributed by atoms with Crippen molar-refractivity contribution in [2.45, 2.75) is 13.0 Å². The summed E-state index contributed by atoms with van der Waals surface area (Å²) in [6.45, 7) is 1.69. The topological polar surface area (TPSA) is 135 Å². The van der Waals surface area contributed by atoms with Gasteiger partial charge in [-0.3, -0.25) is 10.2 Å². The second-order valence-electron chi connectivity index (χ2n) is 6.98. The smallest absolute Gasteiger partial charge is 0.319 e. The Balaban J connectivity index is 1.65. The number of nitrogens with zero attached hydrogens (tertiary/aromatic N) is 1. The van der Waals surface area contributed by atoms with Crippen molar-refractivity contribution in [2.24, 2.45) is 0 Å². The monoisotopic (exact) mass is 433 g/mol. The number of benzene rings is 2. The zero-order chi connectivity index (χ0) is 22.0. The lowest BCUT2D eigenvalue weighted by atomic mass is 9.99. The van der Waals surface area contributed by atoms with Gasteiger partial charge in [-0.25, -0.2) is 9.78 Å². The quantitative estimate of drug-likeness (QED) is 0.310. The van der Waals surface area contributed by atoms with Crippen LogP contribution in [-0.4, -0.2) is 23.1 Å². The average molecular weight is 434 g/mol. The number of urea groups is 1. The van der Waals surface area contributed by atoms with Crippen LogP contribution in [0.15, 0.2) is 65.2 Å². The van der Waals surface area contributed by atoms with Crippen LogP contribution in [0.4, 0.5) is 16.2 Å². The first kappa shape index (κ1) is 20.3. The van der Waals surface area contributed by atoms with E-state index in [1.807, 2.05) is 35.7 Å².